The van der Waals surface area contributed by atoms with E-state index in [1.54, 1.807) is 6.08 Å². The van der Waals surface area contributed by atoms with Crippen molar-refractivity contribution in [3.63, 3.8) is 0 Å². The number of nitrogens with zero attached hydrogens (tertiary/aromatic N) is 1. The van der Waals surface area contributed by atoms with Crippen LogP contribution in [0.5, 0.6) is 0 Å². The molecule has 4 heteroatoms. The minimum Gasteiger partial charge on any atom is -0.478 e. The van der Waals surface area contributed by atoms with Crippen molar-refractivity contribution in [2.45, 2.75) is 13.3 Å². The van der Waals surface area contributed by atoms with Gasteiger partial charge in [0.1, 0.15) is 5.82 Å². The molecular weight excluding hydrogens is 221 g/mol. The lowest BCUT2D eigenvalue weighted by Crippen LogP contribution is -2.26. The number of carboxylic acid groups (broad SMARTS) is 1. The summed E-state index contributed by atoms with van der Waals surface area (Å²) in [6.45, 7) is 6.88. The Morgan fingerprint density at radius 1 is 1.59 bits per heavy atom. The van der Waals surface area contributed by atoms with Crippen LogP contribution in [-0.4, -0.2) is 24.2 Å². The first-order valence-corrected chi connectivity index (χ1v) is 5.48. The van der Waals surface area contributed by atoms with E-state index in [1.807, 2.05) is 11.8 Å². The summed E-state index contributed by atoms with van der Waals surface area (Å²) in [6, 6.07) is 3.81. The monoisotopic (exact) mass is 237 g/mol. The second-order valence-corrected chi connectivity index (χ2v) is 3.70. The lowest BCUT2D eigenvalue weighted by Gasteiger charge is -2.24. The Labute approximate surface area is 100 Å². The Kier molecular flexibility index (Phi) is 4.69. The van der Waals surface area contributed by atoms with E-state index in [0.717, 1.165) is 12.5 Å². The number of rotatable bonds is 6. The third-order valence-electron chi connectivity index (χ3n) is 2.37. The maximum Gasteiger partial charge on any atom is 0.337 e. The second-order valence-electron chi connectivity index (χ2n) is 3.70. The van der Waals surface area contributed by atoms with E-state index in [1.165, 1.54) is 12.1 Å². The number of benzene rings is 1. The Balaban J connectivity index is 3.16. The second kappa shape index (κ2) is 6.03. The molecule has 1 aromatic carbocycles. The first-order valence-electron chi connectivity index (χ1n) is 5.48. The van der Waals surface area contributed by atoms with Crippen LogP contribution in [0, 0.1) is 5.82 Å². The van der Waals surface area contributed by atoms with Crippen molar-refractivity contribution in [2.24, 2.45) is 0 Å². The van der Waals surface area contributed by atoms with Crippen molar-refractivity contribution in [3.8, 4) is 0 Å². The molecule has 3 nitrogen and oxygen atoms in total. The van der Waals surface area contributed by atoms with Gasteiger partial charge in [-0.25, -0.2) is 9.18 Å². The molecule has 0 amide bonds. The van der Waals surface area contributed by atoms with Crippen molar-refractivity contribution < 1.29 is 14.3 Å². The van der Waals surface area contributed by atoms with Crippen molar-refractivity contribution in [1.82, 2.24) is 0 Å². The molecule has 0 fully saturated rings. The SMILES string of the molecule is C=CCN(CCC)c1ccc(F)cc1C(=O)O. The average Bonchev–Trinajstić information content (AvgIpc) is 2.28. The van der Waals surface area contributed by atoms with Gasteiger partial charge in [0.2, 0.25) is 0 Å². The Bertz CT molecular complexity index is 418. The fourth-order valence-corrected chi connectivity index (χ4v) is 1.69. The van der Waals surface area contributed by atoms with Crippen LogP contribution in [-0.2, 0) is 0 Å². The summed E-state index contributed by atoms with van der Waals surface area (Å²) in [6.07, 6.45) is 2.58. The van der Waals surface area contributed by atoms with E-state index in [-0.39, 0.29) is 5.56 Å². The fraction of sp³-hybridized carbons (Fsp3) is 0.308. The van der Waals surface area contributed by atoms with Crippen LogP contribution in [0.15, 0.2) is 30.9 Å². The van der Waals surface area contributed by atoms with Gasteiger partial charge >= 0.3 is 5.97 Å². The molecule has 0 saturated heterocycles. The van der Waals surface area contributed by atoms with Crippen molar-refractivity contribution in [2.75, 3.05) is 18.0 Å². The predicted molar refractivity (Wildman–Crippen MR) is 66.1 cm³/mol. The number of hydrogen-bond acceptors (Lipinski definition) is 2. The predicted octanol–water partition coefficient (Wildman–Crippen LogP) is 2.93. The Hall–Kier alpha value is -1.84. The highest BCUT2D eigenvalue weighted by molar-refractivity contribution is 5.94. The average molecular weight is 237 g/mol. The molecule has 0 radical (unpaired) electrons. The molecule has 0 bridgehead atoms. The van der Waals surface area contributed by atoms with E-state index in [9.17, 15) is 9.18 Å². The fourth-order valence-electron chi connectivity index (χ4n) is 1.69. The van der Waals surface area contributed by atoms with Gasteiger partial charge in [-0.1, -0.05) is 13.0 Å². The molecule has 1 aromatic rings. The van der Waals surface area contributed by atoms with Gasteiger partial charge in [-0.2, -0.15) is 0 Å². The number of hydrogen-bond donors (Lipinski definition) is 1. The summed E-state index contributed by atoms with van der Waals surface area (Å²) in [4.78, 5) is 12.9. The van der Waals surface area contributed by atoms with E-state index < -0.39 is 11.8 Å². The molecule has 0 aliphatic heterocycles. The van der Waals surface area contributed by atoms with Crippen LogP contribution in [0.4, 0.5) is 10.1 Å². The smallest absolute Gasteiger partial charge is 0.337 e. The topological polar surface area (TPSA) is 40.5 Å². The zero-order valence-electron chi connectivity index (χ0n) is 9.82. The molecule has 92 valence electrons. The number of aromatic carboxylic acids is 1. The van der Waals surface area contributed by atoms with E-state index >= 15 is 0 Å². The first-order chi connectivity index (χ1) is 8.10. The van der Waals surface area contributed by atoms with E-state index in [4.69, 9.17) is 5.11 Å². The van der Waals surface area contributed by atoms with Gasteiger partial charge in [0.05, 0.1) is 11.3 Å². The zero-order valence-corrected chi connectivity index (χ0v) is 9.82. The lowest BCUT2D eigenvalue weighted by molar-refractivity contribution is 0.0697. The van der Waals surface area contributed by atoms with Gasteiger partial charge in [-0.05, 0) is 24.6 Å². The van der Waals surface area contributed by atoms with Crippen LogP contribution >= 0.6 is 0 Å². The van der Waals surface area contributed by atoms with Crippen molar-refractivity contribution in [1.29, 1.82) is 0 Å². The van der Waals surface area contributed by atoms with Crippen molar-refractivity contribution >= 4 is 11.7 Å². The van der Waals surface area contributed by atoms with Gasteiger partial charge in [0.15, 0.2) is 0 Å². The number of halogens is 1. The molecule has 17 heavy (non-hydrogen) atoms. The van der Waals surface area contributed by atoms with Gasteiger partial charge < -0.3 is 10.0 Å². The van der Waals surface area contributed by atoms with Gasteiger partial charge in [0.25, 0.3) is 0 Å². The molecule has 0 aromatic heterocycles. The van der Waals surface area contributed by atoms with Gasteiger partial charge in [-0.15, -0.1) is 6.58 Å². The van der Waals surface area contributed by atoms with Crippen LogP contribution in [0.3, 0.4) is 0 Å². The van der Waals surface area contributed by atoms with Gasteiger partial charge in [0, 0.05) is 13.1 Å². The maximum absolute atomic E-state index is 13.0. The molecule has 0 unspecified atom stereocenters. The summed E-state index contributed by atoms with van der Waals surface area (Å²) >= 11 is 0. The van der Waals surface area contributed by atoms with Crippen LogP contribution in [0.1, 0.15) is 23.7 Å². The Morgan fingerprint density at radius 3 is 2.82 bits per heavy atom. The molecule has 0 aliphatic rings. The molecule has 1 N–H and O–H groups in total. The normalized spacial score (nSPS) is 10.0. The maximum atomic E-state index is 13.0. The zero-order chi connectivity index (χ0) is 12.8. The molecule has 1 rings (SSSR count). The molecule has 0 aliphatic carbocycles. The van der Waals surface area contributed by atoms with Crippen molar-refractivity contribution in [3.05, 3.63) is 42.2 Å². The molecule has 0 saturated carbocycles. The van der Waals surface area contributed by atoms with Crippen LogP contribution in [0.25, 0.3) is 0 Å². The van der Waals surface area contributed by atoms with E-state index in [2.05, 4.69) is 6.58 Å². The quantitative estimate of drug-likeness (QED) is 0.773. The Morgan fingerprint density at radius 2 is 2.29 bits per heavy atom. The van der Waals surface area contributed by atoms with Crippen LogP contribution < -0.4 is 4.90 Å². The lowest BCUT2D eigenvalue weighted by atomic mass is 10.1. The summed E-state index contributed by atoms with van der Waals surface area (Å²) in [5.74, 6) is -1.66. The molecule has 0 heterocycles. The summed E-state index contributed by atoms with van der Waals surface area (Å²) in [7, 11) is 0. The molecule has 0 atom stereocenters. The number of anilines is 1. The highest BCUT2D eigenvalue weighted by atomic mass is 19.1. The third kappa shape index (κ3) is 3.31. The minimum absolute atomic E-state index is 0.0136. The largest absolute Gasteiger partial charge is 0.478 e. The highest BCUT2D eigenvalue weighted by Crippen LogP contribution is 2.22. The van der Waals surface area contributed by atoms with Crippen LogP contribution in [0.2, 0.25) is 0 Å². The minimum atomic E-state index is -1.12. The third-order valence-corrected chi connectivity index (χ3v) is 2.37. The first kappa shape index (κ1) is 13.2. The van der Waals surface area contributed by atoms with E-state index in [0.29, 0.717) is 18.8 Å². The molecule has 0 spiro atoms. The standard InChI is InChI=1S/C13H16FNO2/c1-3-7-15(8-4-2)12-6-5-10(14)9-11(12)13(16)17/h3,5-6,9H,1,4,7-8H2,2H3,(H,16,17). The molecular formula is C13H16FNO2. The number of carboxylic acids is 1. The highest BCUT2D eigenvalue weighted by Gasteiger charge is 2.15. The number of carbonyl (C=O) groups is 1. The summed E-state index contributed by atoms with van der Waals surface area (Å²) in [5, 5.41) is 9.06. The summed E-state index contributed by atoms with van der Waals surface area (Å²) < 4.78 is 13.0. The summed E-state index contributed by atoms with van der Waals surface area (Å²) in [5.41, 5.74) is 0.515. The van der Waals surface area contributed by atoms with Gasteiger partial charge in [-0.3, -0.25) is 0 Å².